The van der Waals surface area contributed by atoms with Gasteiger partial charge >= 0.3 is 0 Å². The van der Waals surface area contributed by atoms with Crippen LogP contribution in [-0.2, 0) is 5.60 Å². The third-order valence-corrected chi connectivity index (χ3v) is 2.17. The molecule has 3 N–H and O–H groups in total. The second-order valence-electron chi connectivity index (χ2n) is 3.29. The SMILES string of the molecule is CC(C)(O)c1cc(Br)ccc1N. The van der Waals surface area contributed by atoms with Crippen molar-refractivity contribution in [2.24, 2.45) is 0 Å². The van der Waals surface area contributed by atoms with Gasteiger partial charge in [0, 0.05) is 15.7 Å². The Kier molecular flexibility index (Phi) is 2.44. The summed E-state index contributed by atoms with van der Waals surface area (Å²) in [7, 11) is 0. The average Bonchev–Trinajstić information content (AvgIpc) is 1.92. The van der Waals surface area contributed by atoms with Gasteiger partial charge in [-0.25, -0.2) is 0 Å². The van der Waals surface area contributed by atoms with Gasteiger partial charge in [0.05, 0.1) is 5.60 Å². The fourth-order valence-corrected chi connectivity index (χ4v) is 1.42. The quantitative estimate of drug-likeness (QED) is 0.727. The molecule has 0 bridgehead atoms. The van der Waals surface area contributed by atoms with Gasteiger partial charge in [-0.3, -0.25) is 0 Å². The largest absolute Gasteiger partial charge is 0.398 e. The first-order valence-electron chi connectivity index (χ1n) is 3.69. The maximum atomic E-state index is 9.69. The summed E-state index contributed by atoms with van der Waals surface area (Å²) in [5, 5.41) is 9.69. The number of rotatable bonds is 1. The van der Waals surface area contributed by atoms with Gasteiger partial charge in [0.15, 0.2) is 0 Å². The summed E-state index contributed by atoms with van der Waals surface area (Å²) in [5.74, 6) is 0. The minimum Gasteiger partial charge on any atom is -0.398 e. The first-order chi connectivity index (χ1) is 5.41. The standard InChI is InChI=1S/C9H12BrNO/c1-9(2,12)7-5-6(10)3-4-8(7)11/h3-5,12H,11H2,1-2H3. The summed E-state index contributed by atoms with van der Waals surface area (Å²) in [5.41, 5.74) is 6.18. The molecule has 66 valence electrons. The summed E-state index contributed by atoms with van der Waals surface area (Å²) in [6.45, 7) is 3.43. The lowest BCUT2D eigenvalue weighted by Gasteiger charge is -2.19. The lowest BCUT2D eigenvalue weighted by molar-refractivity contribution is 0.0793. The predicted octanol–water partition coefficient (Wildman–Crippen LogP) is 2.26. The van der Waals surface area contributed by atoms with Gasteiger partial charge in [-0.2, -0.15) is 0 Å². The van der Waals surface area contributed by atoms with Crippen molar-refractivity contribution in [3.63, 3.8) is 0 Å². The molecule has 0 fully saturated rings. The fourth-order valence-electron chi connectivity index (χ4n) is 1.06. The van der Waals surface area contributed by atoms with E-state index in [9.17, 15) is 5.11 Å². The van der Waals surface area contributed by atoms with Gasteiger partial charge in [-0.1, -0.05) is 15.9 Å². The molecule has 0 atom stereocenters. The third kappa shape index (κ3) is 1.99. The van der Waals surface area contributed by atoms with Crippen LogP contribution < -0.4 is 5.73 Å². The van der Waals surface area contributed by atoms with Crippen LogP contribution in [0.3, 0.4) is 0 Å². The Labute approximate surface area is 80.5 Å². The van der Waals surface area contributed by atoms with Gasteiger partial charge in [-0.05, 0) is 32.0 Å². The Hall–Kier alpha value is -0.540. The molecule has 0 heterocycles. The van der Waals surface area contributed by atoms with Crippen LogP contribution in [0.4, 0.5) is 5.69 Å². The molecule has 0 aliphatic rings. The highest BCUT2D eigenvalue weighted by Gasteiger charge is 2.18. The van der Waals surface area contributed by atoms with Crippen molar-refractivity contribution in [3.05, 3.63) is 28.2 Å². The molecule has 0 aliphatic heterocycles. The molecule has 0 radical (unpaired) electrons. The van der Waals surface area contributed by atoms with Crippen LogP contribution in [-0.4, -0.2) is 5.11 Å². The number of halogens is 1. The summed E-state index contributed by atoms with van der Waals surface area (Å²) in [6, 6.07) is 5.46. The Balaban J connectivity index is 3.23. The molecular formula is C9H12BrNO. The van der Waals surface area contributed by atoms with Crippen molar-refractivity contribution >= 4 is 21.6 Å². The van der Waals surface area contributed by atoms with Crippen LogP contribution in [0.25, 0.3) is 0 Å². The lowest BCUT2D eigenvalue weighted by Crippen LogP contribution is -2.17. The molecule has 0 unspecified atom stereocenters. The minimum absolute atomic E-state index is 0.616. The van der Waals surface area contributed by atoms with E-state index in [0.717, 1.165) is 10.0 Å². The van der Waals surface area contributed by atoms with Crippen molar-refractivity contribution in [2.75, 3.05) is 5.73 Å². The first kappa shape index (κ1) is 9.55. The zero-order valence-electron chi connectivity index (χ0n) is 7.13. The van der Waals surface area contributed by atoms with E-state index < -0.39 is 5.60 Å². The van der Waals surface area contributed by atoms with E-state index in [1.165, 1.54) is 0 Å². The Morgan fingerprint density at radius 2 is 2.00 bits per heavy atom. The third-order valence-electron chi connectivity index (χ3n) is 1.67. The Bertz CT molecular complexity index is 291. The van der Waals surface area contributed by atoms with Gasteiger partial charge < -0.3 is 10.8 Å². The topological polar surface area (TPSA) is 46.2 Å². The number of benzene rings is 1. The van der Waals surface area contributed by atoms with Crippen molar-refractivity contribution in [1.82, 2.24) is 0 Å². The molecule has 0 amide bonds. The van der Waals surface area contributed by atoms with Gasteiger partial charge in [0.25, 0.3) is 0 Å². The minimum atomic E-state index is -0.881. The maximum Gasteiger partial charge on any atom is 0.0860 e. The van der Waals surface area contributed by atoms with Crippen LogP contribution >= 0.6 is 15.9 Å². The van der Waals surface area contributed by atoms with Crippen molar-refractivity contribution < 1.29 is 5.11 Å². The van der Waals surface area contributed by atoms with Crippen LogP contribution in [0.5, 0.6) is 0 Å². The molecular weight excluding hydrogens is 218 g/mol. The molecule has 1 aromatic carbocycles. The van der Waals surface area contributed by atoms with Crippen molar-refractivity contribution in [2.45, 2.75) is 19.4 Å². The van der Waals surface area contributed by atoms with Crippen molar-refractivity contribution in [3.8, 4) is 0 Å². The highest BCUT2D eigenvalue weighted by atomic mass is 79.9. The molecule has 0 spiro atoms. The van der Waals surface area contributed by atoms with Gasteiger partial charge in [0.1, 0.15) is 0 Å². The van der Waals surface area contributed by atoms with Crippen LogP contribution in [0, 0.1) is 0 Å². The molecule has 1 rings (SSSR count). The second-order valence-corrected chi connectivity index (χ2v) is 4.21. The van der Waals surface area contributed by atoms with Gasteiger partial charge in [0.2, 0.25) is 0 Å². The zero-order chi connectivity index (χ0) is 9.35. The average molecular weight is 230 g/mol. The van der Waals surface area contributed by atoms with E-state index in [1.54, 1.807) is 19.9 Å². The number of nitrogen functional groups attached to an aromatic ring is 1. The van der Waals surface area contributed by atoms with E-state index in [1.807, 2.05) is 12.1 Å². The Morgan fingerprint density at radius 3 is 2.42 bits per heavy atom. The molecule has 1 aromatic rings. The fraction of sp³-hybridized carbons (Fsp3) is 0.333. The molecule has 0 aromatic heterocycles. The summed E-state index contributed by atoms with van der Waals surface area (Å²) in [6.07, 6.45) is 0. The second kappa shape index (κ2) is 3.07. The molecule has 2 nitrogen and oxygen atoms in total. The number of nitrogens with two attached hydrogens (primary N) is 1. The molecule has 12 heavy (non-hydrogen) atoms. The number of hydrogen-bond acceptors (Lipinski definition) is 2. The van der Waals surface area contributed by atoms with Crippen LogP contribution in [0.15, 0.2) is 22.7 Å². The molecule has 0 saturated heterocycles. The predicted molar refractivity (Wildman–Crippen MR) is 53.8 cm³/mol. The van der Waals surface area contributed by atoms with E-state index in [4.69, 9.17) is 5.73 Å². The maximum absolute atomic E-state index is 9.69. The number of aliphatic hydroxyl groups is 1. The molecule has 0 aliphatic carbocycles. The van der Waals surface area contributed by atoms with E-state index >= 15 is 0 Å². The highest BCUT2D eigenvalue weighted by molar-refractivity contribution is 9.10. The summed E-state index contributed by atoms with van der Waals surface area (Å²) >= 11 is 3.32. The zero-order valence-corrected chi connectivity index (χ0v) is 8.72. The number of hydrogen-bond donors (Lipinski definition) is 2. The lowest BCUT2D eigenvalue weighted by atomic mass is 9.97. The van der Waals surface area contributed by atoms with E-state index in [0.29, 0.717) is 5.69 Å². The Morgan fingerprint density at radius 1 is 1.42 bits per heavy atom. The molecule has 3 heteroatoms. The van der Waals surface area contributed by atoms with E-state index in [2.05, 4.69) is 15.9 Å². The summed E-state index contributed by atoms with van der Waals surface area (Å²) < 4.78 is 0.925. The smallest absolute Gasteiger partial charge is 0.0860 e. The highest BCUT2D eigenvalue weighted by Crippen LogP contribution is 2.28. The first-order valence-corrected chi connectivity index (χ1v) is 4.48. The van der Waals surface area contributed by atoms with Crippen LogP contribution in [0.1, 0.15) is 19.4 Å². The number of anilines is 1. The van der Waals surface area contributed by atoms with Gasteiger partial charge in [-0.15, -0.1) is 0 Å². The summed E-state index contributed by atoms with van der Waals surface area (Å²) in [4.78, 5) is 0. The monoisotopic (exact) mass is 229 g/mol. The van der Waals surface area contributed by atoms with Crippen LogP contribution in [0.2, 0.25) is 0 Å². The molecule has 0 saturated carbocycles. The normalized spacial score (nSPS) is 11.7. The van der Waals surface area contributed by atoms with Crippen molar-refractivity contribution in [1.29, 1.82) is 0 Å². The van der Waals surface area contributed by atoms with E-state index in [-0.39, 0.29) is 0 Å².